The molecule has 1 N–H and O–H groups in total. The molecule has 13 nitrogen and oxygen atoms in total. The first-order valence-corrected chi connectivity index (χ1v) is 13.0. The minimum atomic E-state index is -1.17. The molecule has 2 aromatic rings. The number of nitrogens with zero attached hydrogens (tertiary/aromatic N) is 3. The smallest absolute Gasteiger partial charge is 0.303 e. The van der Waals surface area contributed by atoms with E-state index in [2.05, 4.69) is 15.5 Å². The summed E-state index contributed by atoms with van der Waals surface area (Å²) in [6.07, 6.45) is -3.34. The third-order valence-electron chi connectivity index (χ3n) is 5.67. The third kappa shape index (κ3) is 8.17. The molecule has 212 valence electrons. The van der Waals surface area contributed by atoms with Gasteiger partial charge in [-0.05, 0) is 18.6 Å². The monoisotopic (exact) mass is 564 g/mol. The number of hydrogen-bond donors (Lipinski definition) is 1. The quantitative estimate of drug-likeness (QED) is 0.328. The average molecular weight is 565 g/mol. The van der Waals surface area contributed by atoms with Gasteiger partial charge in [0.1, 0.15) is 36.5 Å². The van der Waals surface area contributed by atoms with E-state index in [-0.39, 0.29) is 13.2 Å². The fourth-order valence-corrected chi connectivity index (χ4v) is 5.06. The maximum atomic E-state index is 12.1. The predicted octanol–water partition coefficient (Wildman–Crippen LogP) is 1.45. The zero-order chi connectivity index (χ0) is 28.7. The van der Waals surface area contributed by atoms with Crippen molar-refractivity contribution in [3.05, 3.63) is 35.7 Å². The molecule has 3 rings (SSSR count). The zero-order valence-electron chi connectivity index (χ0n) is 22.5. The van der Waals surface area contributed by atoms with E-state index < -0.39 is 53.6 Å². The number of carbonyl (C=O) groups is 4. The zero-order valence-corrected chi connectivity index (χ0v) is 23.4. The van der Waals surface area contributed by atoms with Gasteiger partial charge < -0.3 is 33.6 Å². The van der Waals surface area contributed by atoms with Gasteiger partial charge in [0, 0.05) is 34.7 Å². The molecular weight excluding hydrogens is 532 g/mol. The Labute approximate surface area is 229 Å². The normalized spacial score (nSPS) is 22.5. The highest BCUT2D eigenvalue weighted by Crippen LogP contribution is 2.35. The van der Waals surface area contributed by atoms with Gasteiger partial charge in [-0.15, -0.1) is 10.2 Å². The number of ether oxygens (including phenoxy) is 5. The maximum absolute atomic E-state index is 12.1. The Morgan fingerprint density at radius 2 is 1.67 bits per heavy atom. The number of thioether (sulfide) groups is 1. The van der Waals surface area contributed by atoms with E-state index in [1.807, 2.05) is 31.2 Å². The van der Waals surface area contributed by atoms with Crippen LogP contribution in [0.1, 0.15) is 39.1 Å². The molecule has 1 aromatic carbocycles. The van der Waals surface area contributed by atoms with Crippen LogP contribution < -0.4 is 10.1 Å². The molecule has 1 aliphatic heterocycles. The second kappa shape index (κ2) is 13.4. The summed E-state index contributed by atoms with van der Waals surface area (Å²) in [6, 6.07) is 6.62. The van der Waals surface area contributed by atoms with Crippen LogP contribution >= 0.6 is 11.8 Å². The first-order chi connectivity index (χ1) is 18.5. The Morgan fingerprint density at radius 1 is 1.00 bits per heavy atom. The summed E-state index contributed by atoms with van der Waals surface area (Å²) in [5.74, 6) is -1.12. The lowest BCUT2D eigenvalue weighted by Crippen LogP contribution is -2.65. The molecule has 1 fully saturated rings. The Balaban J connectivity index is 1.89. The molecule has 0 spiro atoms. The van der Waals surface area contributed by atoms with Gasteiger partial charge in [0.2, 0.25) is 5.91 Å². The van der Waals surface area contributed by atoms with Gasteiger partial charge in [0.05, 0.1) is 0 Å². The van der Waals surface area contributed by atoms with Crippen LogP contribution in [0.25, 0.3) is 0 Å². The SMILES string of the molecule is CC(=O)N[C@H]1[C@H](OC(C)=O)[C@H](OC(C)=O)[C@H](COC(C)=O)O[C@@H]1Sc1nnc(COc2ccccc2C)n1C. The molecule has 0 radical (unpaired) electrons. The molecule has 39 heavy (non-hydrogen) atoms. The van der Waals surface area contributed by atoms with Crippen molar-refractivity contribution in [1.82, 2.24) is 20.1 Å². The van der Waals surface area contributed by atoms with Crippen LogP contribution in [0.4, 0.5) is 0 Å². The number of esters is 3. The van der Waals surface area contributed by atoms with E-state index in [4.69, 9.17) is 23.7 Å². The van der Waals surface area contributed by atoms with Crippen LogP contribution in [0.3, 0.4) is 0 Å². The fraction of sp³-hybridized carbons (Fsp3) is 0.520. The minimum absolute atomic E-state index is 0.148. The molecule has 14 heteroatoms. The van der Waals surface area contributed by atoms with Crippen LogP contribution in [-0.2, 0) is 51.8 Å². The van der Waals surface area contributed by atoms with E-state index in [1.165, 1.54) is 27.7 Å². The fourth-order valence-electron chi connectivity index (χ4n) is 3.93. The number of aromatic nitrogens is 3. The van der Waals surface area contributed by atoms with Gasteiger partial charge in [-0.3, -0.25) is 19.2 Å². The molecule has 1 amide bonds. The minimum Gasteiger partial charge on any atom is -0.485 e. The van der Waals surface area contributed by atoms with Gasteiger partial charge in [-0.1, -0.05) is 30.0 Å². The van der Waals surface area contributed by atoms with Crippen LogP contribution in [0.2, 0.25) is 0 Å². The first-order valence-electron chi connectivity index (χ1n) is 12.1. The van der Waals surface area contributed by atoms with E-state index in [0.29, 0.717) is 16.7 Å². The average Bonchev–Trinajstić information content (AvgIpc) is 3.19. The van der Waals surface area contributed by atoms with Crippen LogP contribution in [0, 0.1) is 6.92 Å². The van der Waals surface area contributed by atoms with Gasteiger partial charge in [0.15, 0.2) is 23.2 Å². The van der Waals surface area contributed by atoms with Crippen molar-refractivity contribution in [2.45, 2.75) is 76.2 Å². The van der Waals surface area contributed by atoms with Crippen LogP contribution in [0.5, 0.6) is 5.75 Å². The number of hydrogen-bond acceptors (Lipinski definition) is 12. The molecule has 0 aliphatic carbocycles. The number of para-hydroxylation sites is 1. The van der Waals surface area contributed by atoms with Crippen LogP contribution in [-0.4, -0.2) is 75.0 Å². The van der Waals surface area contributed by atoms with Crippen molar-refractivity contribution in [3.8, 4) is 5.75 Å². The largest absolute Gasteiger partial charge is 0.485 e. The standard InChI is InChI=1S/C25H32N4O9S/c1-13-9-7-8-10-18(13)35-12-20-27-28-25(29(20)6)39-24-21(26-14(2)30)23(37-17(5)33)22(36-16(4)32)19(38-24)11-34-15(3)31/h7-10,19,21-24H,11-12H2,1-6H3,(H,26,30)/t19-,21-,22+,23-,24+/m0/s1. The molecule has 5 atom stereocenters. The molecule has 1 aliphatic rings. The summed E-state index contributed by atoms with van der Waals surface area (Å²) in [5.41, 5.74) is 0.0688. The molecular formula is C25H32N4O9S. The summed E-state index contributed by atoms with van der Waals surface area (Å²) < 4.78 is 29.9. The number of carbonyl (C=O) groups excluding carboxylic acids is 4. The summed E-state index contributed by atoms with van der Waals surface area (Å²) >= 11 is 1.10. The van der Waals surface area contributed by atoms with Gasteiger partial charge >= 0.3 is 17.9 Å². The molecule has 0 saturated carbocycles. The summed E-state index contributed by atoms with van der Waals surface area (Å²) in [5, 5.41) is 11.6. The number of nitrogens with one attached hydrogen (secondary N) is 1. The Kier molecular flexibility index (Phi) is 10.3. The summed E-state index contributed by atoms with van der Waals surface area (Å²) in [7, 11) is 1.75. The number of aryl methyl sites for hydroxylation is 1. The van der Waals surface area contributed by atoms with E-state index >= 15 is 0 Å². The Bertz CT molecular complexity index is 1200. The first kappa shape index (κ1) is 29.9. The van der Waals surface area contributed by atoms with Crippen molar-refractivity contribution in [3.63, 3.8) is 0 Å². The molecule has 2 heterocycles. The number of rotatable bonds is 10. The van der Waals surface area contributed by atoms with E-state index in [0.717, 1.165) is 17.3 Å². The molecule has 0 bridgehead atoms. The van der Waals surface area contributed by atoms with Crippen molar-refractivity contribution >= 4 is 35.6 Å². The highest BCUT2D eigenvalue weighted by molar-refractivity contribution is 7.99. The highest BCUT2D eigenvalue weighted by atomic mass is 32.2. The van der Waals surface area contributed by atoms with Crippen molar-refractivity contribution < 1.29 is 42.9 Å². The maximum Gasteiger partial charge on any atom is 0.303 e. The summed E-state index contributed by atoms with van der Waals surface area (Å²) in [6.45, 7) is 6.68. The lowest BCUT2D eigenvalue weighted by Gasteiger charge is -2.44. The Morgan fingerprint density at radius 3 is 2.28 bits per heavy atom. The van der Waals surface area contributed by atoms with Crippen molar-refractivity contribution in [1.29, 1.82) is 0 Å². The van der Waals surface area contributed by atoms with E-state index in [9.17, 15) is 19.2 Å². The van der Waals surface area contributed by atoms with E-state index in [1.54, 1.807) is 11.6 Å². The van der Waals surface area contributed by atoms with Crippen molar-refractivity contribution in [2.24, 2.45) is 7.05 Å². The predicted molar refractivity (Wildman–Crippen MR) is 136 cm³/mol. The molecule has 1 aromatic heterocycles. The topological polar surface area (TPSA) is 157 Å². The third-order valence-corrected chi connectivity index (χ3v) is 6.87. The second-order valence-electron chi connectivity index (χ2n) is 8.85. The Hall–Kier alpha value is -3.65. The molecule has 1 saturated heterocycles. The number of benzene rings is 1. The van der Waals surface area contributed by atoms with Crippen LogP contribution in [0.15, 0.2) is 29.4 Å². The van der Waals surface area contributed by atoms with Gasteiger partial charge in [-0.2, -0.15) is 0 Å². The second-order valence-corrected chi connectivity index (χ2v) is 9.92. The van der Waals surface area contributed by atoms with Crippen molar-refractivity contribution in [2.75, 3.05) is 6.61 Å². The lowest BCUT2D eigenvalue weighted by molar-refractivity contribution is -0.211. The lowest BCUT2D eigenvalue weighted by atomic mass is 9.97. The summed E-state index contributed by atoms with van der Waals surface area (Å²) in [4.78, 5) is 47.6. The number of amides is 1. The van der Waals surface area contributed by atoms with Gasteiger partial charge in [0.25, 0.3) is 0 Å². The highest BCUT2D eigenvalue weighted by Gasteiger charge is 2.51. The molecule has 0 unspecified atom stereocenters. The van der Waals surface area contributed by atoms with Gasteiger partial charge in [-0.25, -0.2) is 0 Å².